The Morgan fingerprint density at radius 1 is 1.33 bits per heavy atom. The van der Waals surface area contributed by atoms with Gasteiger partial charge in [-0.2, -0.15) is 0 Å². The number of likely N-dealkylation sites (tertiary alicyclic amines) is 1. The average molecular weight is 424 g/mol. The van der Waals surface area contributed by atoms with Gasteiger partial charge in [0.05, 0.1) is 5.54 Å². The van der Waals surface area contributed by atoms with E-state index in [2.05, 4.69) is 17.0 Å². The van der Waals surface area contributed by atoms with Gasteiger partial charge in [0, 0.05) is 19.0 Å². The zero-order valence-corrected chi connectivity index (χ0v) is 16.7. The van der Waals surface area contributed by atoms with Crippen LogP contribution in [0.15, 0.2) is 18.2 Å². The second kappa shape index (κ2) is 6.04. The fraction of sp³-hybridized carbons (Fsp3) is 0.619. The van der Waals surface area contributed by atoms with E-state index in [0.717, 1.165) is 5.56 Å². The van der Waals surface area contributed by atoms with Crippen LogP contribution >= 0.6 is 0 Å². The van der Waals surface area contributed by atoms with Crippen LogP contribution < -0.4 is 10.1 Å². The van der Waals surface area contributed by atoms with Crippen LogP contribution in [0.25, 0.3) is 0 Å². The standard InChI is InChI=1S/C21H23F3N2O4/c1-11-3-4-12(5-15(11)30-21(22,23)24)16-14-8-26(9-19(14,16)2)17(27)13-6-20(7-13)10-29-18(28)25-20/h3-5,13-14,16H,6-10H2,1-2H3,(H,25,28)/t13-,14-,16-,19-,20+/m0/s1. The lowest BCUT2D eigenvalue weighted by Gasteiger charge is -2.43. The van der Waals surface area contributed by atoms with E-state index in [9.17, 15) is 22.8 Å². The molecular weight excluding hydrogens is 401 g/mol. The monoisotopic (exact) mass is 424 g/mol. The zero-order valence-electron chi connectivity index (χ0n) is 16.7. The van der Waals surface area contributed by atoms with Crippen LogP contribution in [0.2, 0.25) is 0 Å². The number of ether oxygens (including phenoxy) is 2. The number of alkyl carbamates (subject to hydrolysis) is 1. The molecule has 30 heavy (non-hydrogen) atoms. The van der Waals surface area contributed by atoms with E-state index in [-0.39, 0.29) is 40.4 Å². The fourth-order valence-electron chi connectivity index (χ4n) is 5.76. The van der Waals surface area contributed by atoms with E-state index < -0.39 is 12.5 Å². The summed E-state index contributed by atoms with van der Waals surface area (Å²) in [6.45, 7) is 5.19. The number of carbonyl (C=O) groups excluding carboxylic acids is 2. The molecule has 4 fully saturated rings. The molecule has 2 heterocycles. The Hall–Kier alpha value is -2.45. The lowest BCUT2D eigenvalue weighted by atomic mass is 9.68. The van der Waals surface area contributed by atoms with Crippen molar-refractivity contribution < 1.29 is 32.2 Å². The Morgan fingerprint density at radius 2 is 2.07 bits per heavy atom. The molecule has 2 aliphatic heterocycles. The molecule has 0 aromatic heterocycles. The quantitative estimate of drug-likeness (QED) is 0.808. The smallest absolute Gasteiger partial charge is 0.447 e. The van der Waals surface area contributed by atoms with Gasteiger partial charge in [0.25, 0.3) is 0 Å². The Bertz CT molecular complexity index is 927. The first kappa shape index (κ1) is 19.5. The van der Waals surface area contributed by atoms with Crippen molar-refractivity contribution in [3.63, 3.8) is 0 Å². The zero-order chi connectivity index (χ0) is 21.5. The maximum absolute atomic E-state index is 12.9. The van der Waals surface area contributed by atoms with Crippen LogP contribution in [0.4, 0.5) is 18.0 Å². The SMILES string of the molecule is Cc1ccc([C@H]2[C@@H]3CN(C(=O)[C@H]4C[C@]5(COC(=O)N5)C4)C[C@@]32C)cc1OC(F)(F)F. The highest BCUT2D eigenvalue weighted by Gasteiger charge is 2.67. The van der Waals surface area contributed by atoms with Crippen LogP contribution in [0.5, 0.6) is 5.75 Å². The van der Waals surface area contributed by atoms with Crippen LogP contribution in [0, 0.1) is 24.2 Å². The third-order valence-electron chi connectivity index (χ3n) is 7.38. The van der Waals surface area contributed by atoms with Crippen LogP contribution in [-0.2, 0) is 9.53 Å². The summed E-state index contributed by atoms with van der Waals surface area (Å²) in [6, 6.07) is 5.00. The number of cyclic esters (lactones) is 1. The molecule has 1 spiro atoms. The summed E-state index contributed by atoms with van der Waals surface area (Å²) in [5.41, 5.74) is 0.745. The lowest BCUT2D eigenvalue weighted by molar-refractivity contribution is -0.274. The minimum atomic E-state index is -4.72. The molecule has 162 valence electrons. The predicted octanol–water partition coefficient (Wildman–Crippen LogP) is 3.34. The molecule has 2 aliphatic carbocycles. The summed E-state index contributed by atoms with van der Waals surface area (Å²) < 4.78 is 47.1. The van der Waals surface area contributed by atoms with Gasteiger partial charge in [-0.05, 0) is 54.2 Å². The number of rotatable bonds is 3. The number of fused-ring (bicyclic) bond motifs is 1. The van der Waals surface area contributed by atoms with Crippen LogP contribution in [-0.4, -0.2) is 48.5 Å². The van der Waals surface area contributed by atoms with E-state index >= 15 is 0 Å². The summed E-state index contributed by atoms with van der Waals surface area (Å²) in [4.78, 5) is 26.0. The van der Waals surface area contributed by atoms with Gasteiger partial charge in [-0.15, -0.1) is 13.2 Å². The van der Waals surface area contributed by atoms with Gasteiger partial charge in [0.15, 0.2) is 0 Å². The fourth-order valence-corrected chi connectivity index (χ4v) is 5.76. The molecule has 1 N–H and O–H groups in total. The van der Waals surface area contributed by atoms with Gasteiger partial charge in [0.2, 0.25) is 5.91 Å². The van der Waals surface area contributed by atoms with Crippen molar-refractivity contribution in [2.75, 3.05) is 19.7 Å². The van der Waals surface area contributed by atoms with E-state index in [4.69, 9.17) is 4.74 Å². The number of nitrogens with one attached hydrogen (secondary N) is 1. The molecular formula is C21H23F3N2O4. The van der Waals surface area contributed by atoms with Crippen molar-refractivity contribution in [1.29, 1.82) is 0 Å². The third-order valence-corrected chi connectivity index (χ3v) is 7.38. The van der Waals surface area contributed by atoms with Crippen molar-refractivity contribution in [1.82, 2.24) is 10.2 Å². The van der Waals surface area contributed by atoms with Crippen LogP contribution in [0.3, 0.4) is 0 Å². The number of carbonyl (C=O) groups is 2. The largest absolute Gasteiger partial charge is 0.573 e. The molecule has 0 radical (unpaired) electrons. The molecule has 2 saturated heterocycles. The summed E-state index contributed by atoms with van der Waals surface area (Å²) >= 11 is 0. The topological polar surface area (TPSA) is 67.9 Å². The molecule has 1 aromatic carbocycles. The molecule has 6 nitrogen and oxygen atoms in total. The first-order valence-electron chi connectivity index (χ1n) is 10.1. The molecule has 1 aromatic rings. The minimum Gasteiger partial charge on any atom is -0.447 e. The third kappa shape index (κ3) is 3.01. The molecule has 3 atom stereocenters. The molecule has 0 unspecified atom stereocenters. The first-order valence-corrected chi connectivity index (χ1v) is 10.1. The number of amides is 2. The van der Waals surface area contributed by atoms with E-state index in [0.29, 0.717) is 38.1 Å². The predicted molar refractivity (Wildman–Crippen MR) is 98.7 cm³/mol. The van der Waals surface area contributed by atoms with Gasteiger partial charge < -0.3 is 19.7 Å². The normalized spacial score (nSPS) is 36.8. The van der Waals surface area contributed by atoms with E-state index in [1.807, 2.05) is 11.0 Å². The number of benzene rings is 1. The van der Waals surface area contributed by atoms with Crippen molar-refractivity contribution in [3.8, 4) is 5.75 Å². The number of nitrogens with zero attached hydrogens (tertiary/aromatic N) is 1. The maximum Gasteiger partial charge on any atom is 0.573 e. The number of aryl methyl sites for hydroxylation is 1. The second-order valence-corrected chi connectivity index (χ2v) is 9.47. The lowest BCUT2D eigenvalue weighted by Crippen LogP contribution is -2.58. The molecule has 2 saturated carbocycles. The number of alkyl halides is 3. The average Bonchev–Trinajstić information content (AvgIpc) is 2.93. The summed E-state index contributed by atoms with van der Waals surface area (Å²) in [5, 5.41) is 2.80. The molecule has 4 aliphatic rings. The number of piperidine rings is 1. The second-order valence-electron chi connectivity index (χ2n) is 9.47. The summed E-state index contributed by atoms with van der Waals surface area (Å²) in [5.74, 6) is 0.165. The van der Waals surface area contributed by atoms with Gasteiger partial charge in [-0.1, -0.05) is 19.1 Å². The molecule has 0 bridgehead atoms. The Balaban J connectivity index is 1.23. The number of hydrogen-bond acceptors (Lipinski definition) is 4. The summed E-state index contributed by atoms with van der Waals surface area (Å²) in [7, 11) is 0. The summed E-state index contributed by atoms with van der Waals surface area (Å²) in [6.07, 6.45) is -3.96. The Labute approximate surface area is 171 Å². The molecule has 5 rings (SSSR count). The van der Waals surface area contributed by atoms with Crippen LogP contribution in [0.1, 0.15) is 36.8 Å². The highest BCUT2D eigenvalue weighted by Crippen LogP contribution is 2.68. The first-order chi connectivity index (χ1) is 14.0. The van der Waals surface area contributed by atoms with Crippen molar-refractivity contribution >= 4 is 12.0 Å². The Morgan fingerprint density at radius 3 is 2.63 bits per heavy atom. The van der Waals surface area contributed by atoms with Crippen molar-refractivity contribution in [2.24, 2.45) is 17.3 Å². The highest BCUT2D eigenvalue weighted by atomic mass is 19.4. The number of hydrogen-bond donors (Lipinski definition) is 1. The van der Waals surface area contributed by atoms with Gasteiger partial charge in [-0.3, -0.25) is 4.79 Å². The van der Waals surface area contributed by atoms with E-state index in [1.54, 1.807) is 13.0 Å². The van der Waals surface area contributed by atoms with Gasteiger partial charge in [0.1, 0.15) is 12.4 Å². The van der Waals surface area contributed by atoms with Crippen molar-refractivity contribution in [2.45, 2.75) is 44.5 Å². The highest BCUT2D eigenvalue weighted by molar-refractivity contribution is 5.82. The maximum atomic E-state index is 12.9. The van der Waals surface area contributed by atoms with E-state index in [1.165, 1.54) is 6.07 Å². The molecule has 2 amide bonds. The van der Waals surface area contributed by atoms with Crippen molar-refractivity contribution in [3.05, 3.63) is 29.3 Å². The minimum absolute atomic E-state index is 0.0962. The Kier molecular flexibility index (Phi) is 3.93. The molecule has 9 heteroatoms. The van der Waals surface area contributed by atoms with Gasteiger partial charge in [-0.25, -0.2) is 4.79 Å². The van der Waals surface area contributed by atoms with Gasteiger partial charge >= 0.3 is 12.5 Å². The number of halogens is 3.